The van der Waals surface area contributed by atoms with Gasteiger partial charge in [-0.2, -0.15) is 0 Å². The lowest BCUT2D eigenvalue weighted by Gasteiger charge is -2.27. The molecule has 6 nitrogen and oxygen atoms in total. The third-order valence-electron chi connectivity index (χ3n) is 5.12. The van der Waals surface area contributed by atoms with Gasteiger partial charge in [0.05, 0.1) is 36.1 Å². The van der Waals surface area contributed by atoms with Gasteiger partial charge in [-0.05, 0) is 53.3 Å². The monoisotopic (exact) mass is 573 g/mol. The van der Waals surface area contributed by atoms with E-state index in [1.54, 1.807) is 18.4 Å². The van der Waals surface area contributed by atoms with Crippen molar-refractivity contribution in [1.82, 2.24) is 9.88 Å². The first kappa shape index (κ1) is 24.2. The molecule has 2 aromatic carbocycles. The summed E-state index contributed by atoms with van der Waals surface area (Å²) in [6.45, 7) is 5.03. The first-order chi connectivity index (χ1) is 14.7. The van der Waals surface area contributed by atoms with Gasteiger partial charge >= 0.3 is 0 Å². The number of anilines is 1. The molecule has 31 heavy (non-hydrogen) atoms. The van der Waals surface area contributed by atoms with Crippen LogP contribution in [0.4, 0.5) is 5.13 Å². The molecule has 1 aliphatic heterocycles. The van der Waals surface area contributed by atoms with Gasteiger partial charge in [-0.25, -0.2) is 4.98 Å². The summed E-state index contributed by atoms with van der Waals surface area (Å²) in [4.78, 5) is 22.5. The Morgan fingerprint density at radius 1 is 1.26 bits per heavy atom. The molecule has 1 aromatic heterocycles. The quantitative estimate of drug-likeness (QED) is 0.384. The van der Waals surface area contributed by atoms with Gasteiger partial charge in [0, 0.05) is 35.8 Å². The highest BCUT2D eigenvalue weighted by atomic mass is 127. The summed E-state index contributed by atoms with van der Waals surface area (Å²) in [7, 11) is 1.65. The molecule has 0 radical (unpaired) electrons. The van der Waals surface area contributed by atoms with Crippen LogP contribution in [0.5, 0.6) is 5.75 Å². The van der Waals surface area contributed by atoms with Crippen LogP contribution in [0, 0.1) is 3.57 Å². The fourth-order valence-electron chi connectivity index (χ4n) is 3.48. The molecule has 0 N–H and O–H groups in total. The Kier molecular flexibility index (Phi) is 8.91. The highest BCUT2D eigenvalue weighted by Crippen LogP contribution is 2.32. The minimum absolute atomic E-state index is 0. The molecule has 1 saturated heterocycles. The van der Waals surface area contributed by atoms with Crippen molar-refractivity contribution >= 4 is 67.6 Å². The number of aromatic nitrogens is 1. The molecule has 1 fully saturated rings. The molecule has 2 heterocycles. The first-order valence-electron chi connectivity index (χ1n) is 9.97. The number of hydrogen-bond donors (Lipinski definition) is 0. The molecule has 0 saturated carbocycles. The van der Waals surface area contributed by atoms with E-state index in [0.717, 1.165) is 63.9 Å². The van der Waals surface area contributed by atoms with E-state index in [2.05, 4.69) is 27.5 Å². The van der Waals surface area contributed by atoms with E-state index in [1.165, 1.54) is 0 Å². The van der Waals surface area contributed by atoms with E-state index < -0.39 is 0 Å². The van der Waals surface area contributed by atoms with Crippen LogP contribution in [0.15, 0.2) is 42.5 Å². The summed E-state index contributed by atoms with van der Waals surface area (Å²) in [6, 6.07) is 13.5. The van der Waals surface area contributed by atoms with Gasteiger partial charge in [-0.1, -0.05) is 23.5 Å². The lowest BCUT2D eigenvalue weighted by atomic mass is 10.2. The van der Waals surface area contributed by atoms with Crippen molar-refractivity contribution in [1.29, 1.82) is 0 Å². The average molecular weight is 574 g/mol. The van der Waals surface area contributed by atoms with Crippen molar-refractivity contribution in [2.45, 2.75) is 6.42 Å². The van der Waals surface area contributed by atoms with Gasteiger partial charge in [0.1, 0.15) is 5.75 Å². The topological polar surface area (TPSA) is 54.9 Å². The molecule has 0 bridgehead atoms. The zero-order valence-electron chi connectivity index (χ0n) is 17.3. The van der Waals surface area contributed by atoms with E-state index >= 15 is 0 Å². The van der Waals surface area contributed by atoms with Crippen molar-refractivity contribution in [3.8, 4) is 5.75 Å². The van der Waals surface area contributed by atoms with Crippen molar-refractivity contribution in [3.05, 3.63) is 51.6 Å². The number of hydrogen-bond acceptors (Lipinski definition) is 6. The van der Waals surface area contributed by atoms with Crippen LogP contribution >= 0.6 is 46.3 Å². The SMILES string of the molecule is COc1ccc2sc(N(CCCN3CCOCC3)C(=O)c3ccccc3I)nc2c1.Cl. The Morgan fingerprint density at radius 3 is 2.77 bits per heavy atom. The van der Waals surface area contributed by atoms with Crippen LogP contribution in [-0.2, 0) is 4.74 Å². The van der Waals surface area contributed by atoms with Crippen LogP contribution in [0.3, 0.4) is 0 Å². The fraction of sp³-hybridized carbons (Fsp3) is 0.364. The normalized spacial score (nSPS) is 14.3. The molecule has 0 unspecified atom stereocenters. The van der Waals surface area contributed by atoms with Gasteiger partial charge in [0.25, 0.3) is 5.91 Å². The number of nitrogens with zero attached hydrogens (tertiary/aromatic N) is 3. The number of halogens is 2. The van der Waals surface area contributed by atoms with Gasteiger partial charge < -0.3 is 9.47 Å². The number of ether oxygens (including phenoxy) is 2. The number of amides is 1. The fourth-order valence-corrected chi connectivity index (χ4v) is 5.07. The molecule has 1 amide bonds. The minimum atomic E-state index is -0.00648. The maximum atomic E-state index is 13.5. The third kappa shape index (κ3) is 5.87. The molecular formula is C22H25ClIN3O3S. The second-order valence-electron chi connectivity index (χ2n) is 7.07. The van der Waals surface area contributed by atoms with Crippen molar-refractivity contribution in [2.24, 2.45) is 0 Å². The zero-order chi connectivity index (χ0) is 20.9. The number of rotatable bonds is 7. The van der Waals surface area contributed by atoms with Crippen molar-refractivity contribution < 1.29 is 14.3 Å². The molecule has 0 aliphatic carbocycles. The van der Waals surface area contributed by atoms with E-state index in [4.69, 9.17) is 14.5 Å². The predicted molar refractivity (Wildman–Crippen MR) is 136 cm³/mol. The number of thiazole rings is 1. The number of carbonyl (C=O) groups is 1. The van der Waals surface area contributed by atoms with Gasteiger partial charge in [0.15, 0.2) is 5.13 Å². The van der Waals surface area contributed by atoms with Crippen LogP contribution < -0.4 is 9.64 Å². The molecule has 4 rings (SSSR count). The lowest BCUT2D eigenvalue weighted by molar-refractivity contribution is 0.0376. The van der Waals surface area contributed by atoms with Crippen LogP contribution in [-0.4, -0.2) is 62.3 Å². The second-order valence-corrected chi connectivity index (χ2v) is 9.25. The molecular weight excluding hydrogens is 549 g/mol. The predicted octanol–water partition coefficient (Wildman–Crippen LogP) is 4.70. The Bertz CT molecular complexity index is 1030. The summed E-state index contributed by atoms with van der Waals surface area (Å²) in [5, 5.41) is 0.727. The summed E-state index contributed by atoms with van der Waals surface area (Å²) >= 11 is 3.76. The molecule has 0 atom stereocenters. The number of carbonyl (C=O) groups excluding carboxylic acids is 1. The smallest absolute Gasteiger partial charge is 0.261 e. The second kappa shape index (κ2) is 11.4. The number of fused-ring (bicyclic) bond motifs is 1. The average Bonchev–Trinajstić information content (AvgIpc) is 3.20. The Balaban J connectivity index is 0.00000272. The minimum Gasteiger partial charge on any atom is -0.497 e. The van der Waals surface area contributed by atoms with Gasteiger partial charge in [0.2, 0.25) is 0 Å². The molecule has 166 valence electrons. The molecule has 1 aliphatic rings. The summed E-state index contributed by atoms with van der Waals surface area (Å²) in [5.74, 6) is 0.759. The van der Waals surface area contributed by atoms with Gasteiger partial charge in [-0.15, -0.1) is 12.4 Å². The summed E-state index contributed by atoms with van der Waals surface area (Å²) in [6.07, 6.45) is 0.883. The summed E-state index contributed by atoms with van der Waals surface area (Å²) in [5.41, 5.74) is 1.56. The first-order valence-corrected chi connectivity index (χ1v) is 11.9. The van der Waals surface area contributed by atoms with E-state index in [1.807, 2.05) is 47.4 Å². The highest BCUT2D eigenvalue weighted by molar-refractivity contribution is 14.1. The van der Waals surface area contributed by atoms with Crippen LogP contribution in [0.2, 0.25) is 0 Å². The maximum absolute atomic E-state index is 13.5. The number of methoxy groups -OCH3 is 1. The van der Waals surface area contributed by atoms with E-state index in [0.29, 0.717) is 12.1 Å². The van der Waals surface area contributed by atoms with E-state index in [-0.39, 0.29) is 18.3 Å². The Hall–Kier alpha value is -1.46. The van der Waals surface area contributed by atoms with Crippen LogP contribution in [0.25, 0.3) is 10.2 Å². The molecule has 9 heteroatoms. The maximum Gasteiger partial charge on any atom is 0.261 e. The number of morpholine rings is 1. The third-order valence-corrected chi connectivity index (χ3v) is 7.12. The largest absolute Gasteiger partial charge is 0.497 e. The van der Waals surface area contributed by atoms with Crippen molar-refractivity contribution in [2.75, 3.05) is 51.4 Å². The van der Waals surface area contributed by atoms with E-state index in [9.17, 15) is 4.79 Å². The van der Waals surface area contributed by atoms with Crippen LogP contribution in [0.1, 0.15) is 16.8 Å². The molecule has 3 aromatic rings. The Labute approximate surface area is 206 Å². The lowest BCUT2D eigenvalue weighted by Crippen LogP contribution is -2.39. The standard InChI is InChI=1S/C22H24IN3O3S.ClH/c1-28-16-7-8-20-19(15-16)24-22(30-20)26(10-4-9-25-11-13-29-14-12-25)21(27)17-5-2-3-6-18(17)23;/h2-3,5-8,15H,4,9-14H2,1H3;1H. The van der Waals surface area contributed by atoms with Crippen molar-refractivity contribution in [3.63, 3.8) is 0 Å². The highest BCUT2D eigenvalue weighted by Gasteiger charge is 2.23. The molecule has 0 spiro atoms. The Morgan fingerprint density at radius 2 is 2.03 bits per heavy atom. The number of benzene rings is 2. The summed E-state index contributed by atoms with van der Waals surface area (Å²) < 4.78 is 12.7. The van der Waals surface area contributed by atoms with Gasteiger partial charge in [-0.3, -0.25) is 14.6 Å². The zero-order valence-corrected chi connectivity index (χ0v) is 21.0.